The van der Waals surface area contributed by atoms with Crippen LogP contribution in [0.2, 0.25) is 0 Å². The van der Waals surface area contributed by atoms with Crippen LogP contribution < -0.4 is 0 Å². The molecule has 0 heterocycles. The third-order valence-corrected chi connectivity index (χ3v) is 1.62. The van der Waals surface area contributed by atoms with Crippen LogP contribution in [0.4, 0.5) is 17.3 Å². The smallest absolute Gasteiger partial charge is 0.418 e. The molecule has 0 aliphatic heterocycles. The van der Waals surface area contributed by atoms with Crippen molar-refractivity contribution < 1.29 is 17.3 Å². The molecule has 0 radical (unpaired) electrons. The lowest BCUT2D eigenvalue weighted by atomic mass is 10.3. The first-order valence-corrected chi connectivity index (χ1v) is 5.44. The molecule has 0 atom stereocenters. The summed E-state index contributed by atoms with van der Waals surface area (Å²) in [5.74, 6) is 0. The van der Waals surface area contributed by atoms with Crippen molar-refractivity contribution in [1.82, 2.24) is 4.90 Å². The number of nitrogens with zero attached hydrogens (tertiary/aromatic N) is 1. The summed E-state index contributed by atoms with van der Waals surface area (Å²) in [6, 6.07) is 0. The highest BCUT2D eigenvalue weighted by atomic mass is 19.5. The van der Waals surface area contributed by atoms with Gasteiger partial charge in [0.15, 0.2) is 0 Å². The maximum absolute atomic E-state index is 9.75. The molecule has 94 valence electrons. The van der Waals surface area contributed by atoms with Gasteiger partial charge >= 0.3 is 7.25 Å². The molecule has 0 saturated carbocycles. The lowest BCUT2D eigenvalue weighted by molar-refractivity contribution is 0.275. The molecule has 0 amide bonds. The van der Waals surface area contributed by atoms with E-state index in [0.717, 1.165) is 0 Å². The molecule has 0 aromatic rings. The van der Waals surface area contributed by atoms with Crippen molar-refractivity contribution in [1.29, 1.82) is 0 Å². The highest BCUT2D eigenvalue weighted by molar-refractivity contribution is 6.50. The summed E-state index contributed by atoms with van der Waals surface area (Å²) in [5, 5.41) is 0. The van der Waals surface area contributed by atoms with Gasteiger partial charge in [0.05, 0.1) is 0 Å². The van der Waals surface area contributed by atoms with Gasteiger partial charge in [0.2, 0.25) is 0 Å². The Morgan fingerprint density at radius 3 is 1.07 bits per heavy atom. The molecule has 6 heteroatoms. The Morgan fingerprint density at radius 2 is 0.933 bits per heavy atom. The molecule has 0 unspecified atom stereocenters. The van der Waals surface area contributed by atoms with Crippen molar-refractivity contribution in [2.75, 3.05) is 19.6 Å². The number of hydrogen-bond acceptors (Lipinski definition) is 1. The van der Waals surface area contributed by atoms with Crippen LogP contribution in [0.15, 0.2) is 0 Å². The van der Waals surface area contributed by atoms with Crippen molar-refractivity contribution >= 4 is 7.25 Å². The normalized spacial score (nSPS) is 11.2. The number of hydrogen-bond donors (Lipinski definition) is 0. The van der Waals surface area contributed by atoms with Crippen LogP contribution in [0.5, 0.6) is 0 Å². The summed E-state index contributed by atoms with van der Waals surface area (Å²) < 4.78 is 39.0. The summed E-state index contributed by atoms with van der Waals surface area (Å²) in [6.45, 7) is 10.6. The summed E-state index contributed by atoms with van der Waals surface area (Å²) in [5.41, 5.74) is 0. The van der Waals surface area contributed by atoms with Gasteiger partial charge in [0.1, 0.15) is 0 Å². The molecular formula is C9H21BF4N-. The fourth-order valence-corrected chi connectivity index (χ4v) is 1.28. The van der Waals surface area contributed by atoms with Crippen molar-refractivity contribution in [2.24, 2.45) is 0 Å². The van der Waals surface area contributed by atoms with E-state index in [-0.39, 0.29) is 0 Å². The van der Waals surface area contributed by atoms with Gasteiger partial charge in [0, 0.05) is 0 Å². The summed E-state index contributed by atoms with van der Waals surface area (Å²) in [7, 11) is -6.00. The van der Waals surface area contributed by atoms with Gasteiger partial charge < -0.3 is 22.2 Å². The largest absolute Gasteiger partial charge is 0.673 e. The van der Waals surface area contributed by atoms with Gasteiger partial charge in [-0.2, -0.15) is 0 Å². The first-order valence-electron chi connectivity index (χ1n) is 5.44. The van der Waals surface area contributed by atoms with Crippen LogP contribution in [-0.4, -0.2) is 31.8 Å². The van der Waals surface area contributed by atoms with E-state index in [1.54, 1.807) is 0 Å². The van der Waals surface area contributed by atoms with Gasteiger partial charge in [0.25, 0.3) is 0 Å². The second-order valence-corrected chi connectivity index (χ2v) is 3.34. The Kier molecular flexibility index (Phi) is 11.7. The van der Waals surface area contributed by atoms with Crippen molar-refractivity contribution in [3.8, 4) is 0 Å². The van der Waals surface area contributed by atoms with Crippen LogP contribution in [0, 0.1) is 0 Å². The molecule has 0 aromatic carbocycles. The average Bonchev–Trinajstić information content (AvgIpc) is 2.02. The van der Waals surface area contributed by atoms with E-state index in [0.29, 0.717) is 0 Å². The van der Waals surface area contributed by atoms with Crippen LogP contribution >= 0.6 is 0 Å². The van der Waals surface area contributed by atoms with Crippen molar-refractivity contribution in [2.45, 2.75) is 40.0 Å². The molecule has 0 bridgehead atoms. The first kappa shape index (κ1) is 17.1. The van der Waals surface area contributed by atoms with Gasteiger partial charge in [-0.15, -0.1) is 0 Å². The van der Waals surface area contributed by atoms with E-state index in [1.807, 2.05) is 0 Å². The standard InChI is InChI=1S/C9H21N.BF4/c1-4-7-10(8-5-2)9-6-3;2-1(3,4)5/h4-9H2,1-3H3;/q;-1. The third-order valence-electron chi connectivity index (χ3n) is 1.62. The fourth-order valence-electron chi connectivity index (χ4n) is 1.28. The van der Waals surface area contributed by atoms with Gasteiger partial charge in [-0.1, -0.05) is 20.8 Å². The highest BCUT2D eigenvalue weighted by Crippen LogP contribution is 2.06. The number of rotatable bonds is 6. The zero-order chi connectivity index (χ0) is 12.3. The number of halogens is 4. The Balaban J connectivity index is 0. The van der Waals surface area contributed by atoms with Crippen LogP contribution in [0.25, 0.3) is 0 Å². The molecular weight excluding hydrogens is 209 g/mol. The molecule has 0 aromatic heterocycles. The minimum atomic E-state index is -6.00. The summed E-state index contributed by atoms with van der Waals surface area (Å²) in [6.07, 6.45) is 3.88. The molecule has 1 nitrogen and oxygen atoms in total. The monoisotopic (exact) mass is 230 g/mol. The Labute approximate surface area is 89.9 Å². The quantitative estimate of drug-likeness (QED) is 0.495. The van der Waals surface area contributed by atoms with Crippen molar-refractivity contribution in [3.63, 3.8) is 0 Å². The Hall–Kier alpha value is -0.255. The Morgan fingerprint density at radius 1 is 0.733 bits per heavy atom. The molecule has 0 saturated heterocycles. The topological polar surface area (TPSA) is 3.24 Å². The fraction of sp³-hybridized carbons (Fsp3) is 1.00. The van der Waals surface area contributed by atoms with E-state index < -0.39 is 7.25 Å². The molecule has 0 fully saturated rings. The predicted octanol–water partition coefficient (Wildman–Crippen LogP) is 3.82. The zero-order valence-corrected chi connectivity index (χ0v) is 9.78. The second kappa shape index (κ2) is 10.3. The molecule has 0 aliphatic carbocycles. The molecule has 0 aliphatic rings. The first-order chi connectivity index (χ1) is 6.85. The van der Waals surface area contributed by atoms with E-state index in [2.05, 4.69) is 25.7 Å². The predicted molar refractivity (Wildman–Crippen MR) is 57.5 cm³/mol. The maximum atomic E-state index is 9.75. The highest BCUT2D eigenvalue weighted by Gasteiger charge is 2.20. The van der Waals surface area contributed by atoms with E-state index in [4.69, 9.17) is 0 Å². The van der Waals surface area contributed by atoms with E-state index >= 15 is 0 Å². The van der Waals surface area contributed by atoms with Gasteiger partial charge in [-0.25, -0.2) is 0 Å². The zero-order valence-electron chi connectivity index (χ0n) is 9.78. The Bertz CT molecular complexity index is 110. The van der Waals surface area contributed by atoms with Crippen LogP contribution in [0.3, 0.4) is 0 Å². The van der Waals surface area contributed by atoms with E-state index in [9.17, 15) is 17.3 Å². The van der Waals surface area contributed by atoms with Crippen LogP contribution in [-0.2, 0) is 0 Å². The van der Waals surface area contributed by atoms with Crippen molar-refractivity contribution in [3.05, 3.63) is 0 Å². The van der Waals surface area contributed by atoms with E-state index in [1.165, 1.54) is 38.9 Å². The third kappa shape index (κ3) is 24.8. The molecule has 0 rings (SSSR count). The summed E-state index contributed by atoms with van der Waals surface area (Å²) >= 11 is 0. The molecule has 0 N–H and O–H groups in total. The SMILES string of the molecule is CCCN(CCC)CCC.F[B-](F)(F)F. The minimum absolute atomic E-state index is 1.28. The minimum Gasteiger partial charge on any atom is -0.418 e. The van der Waals surface area contributed by atoms with Gasteiger partial charge in [-0.3, -0.25) is 0 Å². The summed E-state index contributed by atoms with van der Waals surface area (Å²) in [4.78, 5) is 2.54. The lowest BCUT2D eigenvalue weighted by Gasteiger charge is -2.19. The lowest BCUT2D eigenvalue weighted by Crippen LogP contribution is -2.25. The van der Waals surface area contributed by atoms with Gasteiger partial charge in [-0.05, 0) is 38.9 Å². The maximum Gasteiger partial charge on any atom is 0.673 e. The van der Waals surface area contributed by atoms with Crippen LogP contribution in [0.1, 0.15) is 40.0 Å². The second-order valence-electron chi connectivity index (χ2n) is 3.34. The molecule has 15 heavy (non-hydrogen) atoms. The average molecular weight is 230 g/mol. The molecule has 0 spiro atoms.